The number of rotatable bonds is 8. The molecule has 4 heterocycles. The summed E-state index contributed by atoms with van der Waals surface area (Å²) < 4.78 is 16.8. The van der Waals surface area contributed by atoms with Crippen molar-refractivity contribution in [1.29, 1.82) is 0 Å². The van der Waals surface area contributed by atoms with Gasteiger partial charge in [0.2, 0.25) is 0 Å². The maximum absolute atomic E-state index is 14.6. The van der Waals surface area contributed by atoms with Crippen molar-refractivity contribution in [3.8, 4) is 11.5 Å². The maximum Gasteiger partial charge on any atom is 0.296 e. The number of hydrogen-bond acceptors (Lipinski definition) is 8. The normalized spacial score (nSPS) is 23.5. The summed E-state index contributed by atoms with van der Waals surface area (Å²) >= 11 is 0. The lowest BCUT2D eigenvalue weighted by Crippen LogP contribution is -2.52. The fourth-order valence-corrected chi connectivity index (χ4v) is 6.32. The zero-order valence-electron chi connectivity index (χ0n) is 23.3. The van der Waals surface area contributed by atoms with Crippen molar-refractivity contribution in [3.05, 3.63) is 59.2 Å². The Morgan fingerprint density at radius 1 is 0.902 bits per heavy atom. The molecule has 0 saturated carbocycles. The number of amides is 2. The largest absolute Gasteiger partial charge is 0.507 e. The average Bonchev–Trinajstić information content (AvgIpc) is 3.38. The summed E-state index contributed by atoms with van der Waals surface area (Å²) in [6.45, 7) is 7.01. The predicted molar refractivity (Wildman–Crippen MR) is 151 cm³/mol. The molecule has 1 spiro atoms. The molecule has 10 heteroatoms. The van der Waals surface area contributed by atoms with Crippen LogP contribution in [0.1, 0.15) is 37.3 Å². The second-order valence-electron chi connectivity index (χ2n) is 10.7. The number of aliphatic hydroxyl groups is 1. The monoisotopic (exact) mass is 561 g/mol. The molecular formula is C31H35N3O7. The SMILES string of the molecule is CCCCN1C(=O)C2(/C(=C(/O)c3ccc4c(c3)OCCO4)C(=O)C(=O)N2CCCN2CCOCC2)c2ccccc21. The van der Waals surface area contributed by atoms with E-state index in [1.807, 2.05) is 19.1 Å². The summed E-state index contributed by atoms with van der Waals surface area (Å²) in [5.41, 5.74) is -0.509. The number of nitrogens with zero attached hydrogens (tertiary/aromatic N) is 3. The van der Waals surface area contributed by atoms with Gasteiger partial charge in [-0.05, 0) is 37.1 Å². The molecule has 216 valence electrons. The predicted octanol–water partition coefficient (Wildman–Crippen LogP) is 2.90. The first-order chi connectivity index (χ1) is 20.0. The highest BCUT2D eigenvalue weighted by molar-refractivity contribution is 6.50. The van der Waals surface area contributed by atoms with E-state index >= 15 is 0 Å². The Kier molecular flexibility index (Phi) is 7.44. The number of carbonyl (C=O) groups excluding carboxylic acids is 3. The van der Waals surface area contributed by atoms with Gasteiger partial charge in [-0.1, -0.05) is 31.5 Å². The second-order valence-corrected chi connectivity index (χ2v) is 10.7. The van der Waals surface area contributed by atoms with Gasteiger partial charge in [-0.25, -0.2) is 0 Å². The van der Waals surface area contributed by atoms with Crippen molar-refractivity contribution in [2.75, 3.05) is 64.1 Å². The molecule has 2 fully saturated rings. The Labute approximate surface area is 239 Å². The van der Waals surface area contributed by atoms with Gasteiger partial charge in [-0.3, -0.25) is 19.3 Å². The standard InChI is InChI=1S/C31H35N3O7/c1-2-3-12-33-23-8-5-4-7-22(23)31(30(33)38)26(27(35)21-9-10-24-25(20-21)41-19-18-40-24)28(36)29(37)34(31)13-6-11-32-14-16-39-17-15-32/h4-5,7-10,20,35H,2-3,6,11-19H2,1H3/b27-26+. The van der Waals surface area contributed by atoms with Crippen molar-refractivity contribution in [3.63, 3.8) is 0 Å². The molecule has 41 heavy (non-hydrogen) atoms. The van der Waals surface area contributed by atoms with Crippen LogP contribution in [0.2, 0.25) is 0 Å². The Morgan fingerprint density at radius 2 is 1.66 bits per heavy atom. The molecule has 10 nitrogen and oxygen atoms in total. The minimum absolute atomic E-state index is 0.182. The van der Waals surface area contributed by atoms with Crippen LogP contribution in [0, 0.1) is 0 Å². The number of likely N-dealkylation sites (tertiary alicyclic amines) is 1. The van der Waals surface area contributed by atoms with Crippen LogP contribution in [0.3, 0.4) is 0 Å². The molecule has 0 aromatic heterocycles. The smallest absolute Gasteiger partial charge is 0.296 e. The van der Waals surface area contributed by atoms with Crippen molar-refractivity contribution in [2.45, 2.75) is 31.7 Å². The van der Waals surface area contributed by atoms with Crippen molar-refractivity contribution in [2.24, 2.45) is 0 Å². The Bertz CT molecular complexity index is 1400. The summed E-state index contributed by atoms with van der Waals surface area (Å²) in [5, 5.41) is 11.8. The molecule has 2 aromatic carbocycles. The molecule has 2 amide bonds. The molecular weight excluding hydrogens is 526 g/mol. The van der Waals surface area contributed by atoms with Crippen LogP contribution in [0.25, 0.3) is 5.76 Å². The lowest BCUT2D eigenvalue weighted by atomic mass is 9.81. The highest BCUT2D eigenvalue weighted by Crippen LogP contribution is 2.54. The summed E-state index contributed by atoms with van der Waals surface area (Å²) in [7, 11) is 0. The van der Waals surface area contributed by atoms with E-state index in [-0.39, 0.29) is 17.7 Å². The fraction of sp³-hybridized carbons (Fsp3) is 0.452. The van der Waals surface area contributed by atoms with Gasteiger partial charge in [-0.2, -0.15) is 0 Å². The van der Waals surface area contributed by atoms with E-state index in [0.717, 1.165) is 25.9 Å². The summed E-state index contributed by atoms with van der Waals surface area (Å²) in [5.74, 6) is -1.50. The highest BCUT2D eigenvalue weighted by atomic mass is 16.6. The quantitative estimate of drug-likeness (QED) is 0.298. The second kappa shape index (κ2) is 11.2. The molecule has 1 unspecified atom stereocenters. The number of unbranched alkanes of at least 4 members (excludes halogenated alkanes) is 1. The molecule has 0 bridgehead atoms. The lowest BCUT2D eigenvalue weighted by Gasteiger charge is -2.35. The van der Waals surface area contributed by atoms with Crippen molar-refractivity contribution < 1.29 is 33.7 Å². The van der Waals surface area contributed by atoms with E-state index in [9.17, 15) is 19.5 Å². The summed E-state index contributed by atoms with van der Waals surface area (Å²) in [6, 6.07) is 12.1. The Morgan fingerprint density at radius 3 is 2.44 bits per heavy atom. The lowest BCUT2D eigenvalue weighted by molar-refractivity contribution is -0.143. The van der Waals surface area contributed by atoms with E-state index < -0.39 is 28.9 Å². The van der Waals surface area contributed by atoms with Crippen LogP contribution in [0.15, 0.2) is 48.0 Å². The zero-order valence-corrected chi connectivity index (χ0v) is 23.3. The molecule has 1 atom stereocenters. The van der Waals surface area contributed by atoms with Gasteiger partial charge in [0.05, 0.1) is 24.5 Å². The summed E-state index contributed by atoms with van der Waals surface area (Å²) in [6.07, 6.45) is 2.18. The number of carbonyl (C=O) groups is 3. The number of hydrogen-bond donors (Lipinski definition) is 1. The van der Waals surface area contributed by atoms with E-state index in [1.54, 1.807) is 35.2 Å². The van der Waals surface area contributed by atoms with E-state index in [2.05, 4.69) is 4.90 Å². The van der Waals surface area contributed by atoms with Gasteiger partial charge in [0.25, 0.3) is 17.6 Å². The molecule has 2 saturated heterocycles. The number of Topliss-reactive ketones (excluding diaryl/α,β-unsaturated/α-hetero) is 1. The Balaban J connectivity index is 1.48. The topological polar surface area (TPSA) is 109 Å². The van der Waals surface area contributed by atoms with Crippen LogP contribution in [-0.4, -0.2) is 91.7 Å². The number of morpholine rings is 1. The van der Waals surface area contributed by atoms with Crippen LogP contribution in [0.4, 0.5) is 5.69 Å². The van der Waals surface area contributed by atoms with Crippen LogP contribution >= 0.6 is 0 Å². The van der Waals surface area contributed by atoms with E-state index in [0.29, 0.717) is 68.7 Å². The van der Waals surface area contributed by atoms with Crippen LogP contribution in [0.5, 0.6) is 11.5 Å². The molecule has 1 N–H and O–H groups in total. The first-order valence-corrected chi connectivity index (χ1v) is 14.4. The van der Waals surface area contributed by atoms with Gasteiger partial charge >= 0.3 is 0 Å². The van der Waals surface area contributed by atoms with Gasteiger partial charge in [0, 0.05) is 43.9 Å². The van der Waals surface area contributed by atoms with Crippen molar-refractivity contribution >= 4 is 29.0 Å². The number of ether oxygens (including phenoxy) is 3. The zero-order chi connectivity index (χ0) is 28.6. The number of fused-ring (bicyclic) bond motifs is 3. The minimum atomic E-state index is -1.76. The molecule has 2 aromatic rings. The number of aliphatic hydroxyl groups excluding tert-OH is 1. The van der Waals surface area contributed by atoms with Crippen LogP contribution < -0.4 is 14.4 Å². The molecule has 0 aliphatic carbocycles. The average molecular weight is 562 g/mol. The van der Waals surface area contributed by atoms with Gasteiger partial charge < -0.3 is 29.1 Å². The third-order valence-corrected chi connectivity index (χ3v) is 8.32. The fourth-order valence-electron chi connectivity index (χ4n) is 6.32. The molecule has 4 aliphatic rings. The van der Waals surface area contributed by atoms with Gasteiger partial charge in [0.1, 0.15) is 19.0 Å². The minimum Gasteiger partial charge on any atom is -0.507 e. The van der Waals surface area contributed by atoms with E-state index in [1.165, 1.54) is 4.90 Å². The third-order valence-electron chi connectivity index (χ3n) is 8.32. The maximum atomic E-state index is 14.6. The van der Waals surface area contributed by atoms with E-state index in [4.69, 9.17) is 14.2 Å². The number of ketones is 1. The Hall–Kier alpha value is -3.89. The number of para-hydroxylation sites is 1. The molecule has 4 aliphatic heterocycles. The number of benzene rings is 2. The van der Waals surface area contributed by atoms with Crippen LogP contribution in [-0.2, 0) is 24.7 Å². The molecule has 6 rings (SSSR count). The summed E-state index contributed by atoms with van der Waals surface area (Å²) in [4.78, 5) is 47.6. The third kappa shape index (κ3) is 4.46. The first kappa shape index (κ1) is 27.3. The van der Waals surface area contributed by atoms with Gasteiger partial charge in [0.15, 0.2) is 17.0 Å². The van der Waals surface area contributed by atoms with Gasteiger partial charge in [-0.15, -0.1) is 0 Å². The highest BCUT2D eigenvalue weighted by Gasteiger charge is 2.66. The molecule has 0 radical (unpaired) electrons. The van der Waals surface area contributed by atoms with Crippen molar-refractivity contribution in [1.82, 2.24) is 9.80 Å². The number of anilines is 1. The first-order valence-electron chi connectivity index (χ1n) is 14.4.